The molecule has 2 N–H and O–H groups in total. The summed E-state index contributed by atoms with van der Waals surface area (Å²) >= 11 is 0. The van der Waals surface area contributed by atoms with Gasteiger partial charge in [0.2, 0.25) is 0 Å². The van der Waals surface area contributed by atoms with Gasteiger partial charge in [-0.3, -0.25) is 0 Å². The van der Waals surface area contributed by atoms with Crippen LogP contribution in [0.25, 0.3) is 0 Å². The van der Waals surface area contributed by atoms with Crippen molar-refractivity contribution in [2.24, 2.45) is 5.73 Å². The van der Waals surface area contributed by atoms with Gasteiger partial charge in [-0.25, -0.2) is 4.79 Å². The number of primary amides is 1. The van der Waals surface area contributed by atoms with E-state index in [1.54, 1.807) is 20.8 Å². The number of rotatable bonds is 2. The van der Waals surface area contributed by atoms with Crippen LogP contribution in [-0.4, -0.2) is 11.7 Å². The molecule has 0 aromatic rings. The maximum atomic E-state index is 10.3. The van der Waals surface area contributed by atoms with Crippen LogP contribution < -0.4 is 5.73 Å². The highest BCUT2D eigenvalue weighted by molar-refractivity contribution is 5.65. The van der Waals surface area contributed by atoms with Crippen LogP contribution in [0.4, 0.5) is 4.79 Å². The van der Waals surface area contributed by atoms with Gasteiger partial charge in [-0.1, -0.05) is 5.92 Å². The number of hydrogen-bond donors (Lipinski definition) is 1. The molecule has 0 heterocycles. The monoisotopic (exact) mass is 155 g/mol. The van der Waals surface area contributed by atoms with E-state index in [9.17, 15) is 4.79 Å². The molecule has 0 saturated carbocycles. The lowest BCUT2D eigenvalue weighted by Crippen LogP contribution is -2.30. The quantitative estimate of drug-likeness (QED) is 0.610. The van der Waals surface area contributed by atoms with E-state index in [1.165, 1.54) is 0 Å². The van der Waals surface area contributed by atoms with Gasteiger partial charge in [0.1, 0.15) is 5.60 Å². The number of nitrogens with two attached hydrogens (primary N) is 1. The molecule has 0 fully saturated rings. The summed E-state index contributed by atoms with van der Waals surface area (Å²) in [6.45, 7) is 5.27. The van der Waals surface area contributed by atoms with Crippen LogP contribution in [0.1, 0.15) is 27.2 Å². The largest absolute Gasteiger partial charge is 0.443 e. The first kappa shape index (κ1) is 9.83. The van der Waals surface area contributed by atoms with E-state index in [2.05, 4.69) is 11.8 Å². The fraction of sp³-hybridized carbons (Fsp3) is 0.625. The van der Waals surface area contributed by atoms with Gasteiger partial charge >= 0.3 is 6.09 Å². The second-order valence-corrected chi connectivity index (χ2v) is 2.78. The third kappa shape index (κ3) is 5.28. The summed E-state index contributed by atoms with van der Waals surface area (Å²) in [7, 11) is 0. The second-order valence-electron chi connectivity index (χ2n) is 2.78. The summed E-state index contributed by atoms with van der Waals surface area (Å²) in [6.07, 6.45) is -0.250. The van der Waals surface area contributed by atoms with E-state index >= 15 is 0 Å². The minimum atomic E-state index is -0.757. The molecule has 1 amide bonds. The standard InChI is InChI=1S/C8H13NO2/c1-4-5-6-8(2,3)11-7(9)10/h6H2,1-3H3,(H2,9,10). The normalized spacial score (nSPS) is 9.73. The van der Waals surface area contributed by atoms with Crippen LogP contribution in [-0.2, 0) is 4.74 Å². The molecule has 0 aromatic heterocycles. The number of hydrogen-bond acceptors (Lipinski definition) is 2. The maximum absolute atomic E-state index is 10.3. The number of amides is 1. The average Bonchev–Trinajstić information content (AvgIpc) is 1.81. The summed E-state index contributed by atoms with van der Waals surface area (Å²) in [6, 6.07) is 0. The van der Waals surface area contributed by atoms with Gasteiger partial charge in [-0.05, 0) is 20.8 Å². The number of ether oxygens (including phenoxy) is 1. The van der Waals surface area contributed by atoms with Gasteiger partial charge in [0.05, 0.1) is 0 Å². The SMILES string of the molecule is CC#CCC(C)(C)OC(N)=O. The van der Waals surface area contributed by atoms with Crippen LogP contribution in [0.2, 0.25) is 0 Å². The highest BCUT2D eigenvalue weighted by Crippen LogP contribution is 2.12. The molecule has 0 spiro atoms. The predicted molar refractivity (Wildman–Crippen MR) is 42.8 cm³/mol. The van der Waals surface area contributed by atoms with Crippen molar-refractivity contribution in [1.29, 1.82) is 0 Å². The molecule has 3 heteroatoms. The van der Waals surface area contributed by atoms with Crippen molar-refractivity contribution in [1.82, 2.24) is 0 Å². The van der Waals surface area contributed by atoms with E-state index in [-0.39, 0.29) is 0 Å². The van der Waals surface area contributed by atoms with E-state index in [1.807, 2.05) is 0 Å². The molecule has 0 aromatic carbocycles. The molecule has 3 nitrogen and oxygen atoms in total. The minimum absolute atomic E-state index is 0.506. The molecule has 0 saturated heterocycles. The van der Waals surface area contributed by atoms with Gasteiger partial charge < -0.3 is 10.5 Å². The minimum Gasteiger partial charge on any atom is -0.443 e. The van der Waals surface area contributed by atoms with Crippen molar-refractivity contribution in [3.05, 3.63) is 0 Å². The van der Waals surface area contributed by atoms with Gasteiger partial charge in [0, 0.05) is 6.42 Å². The second kappa shape index (κ2) is 3.87. The van der Waals surface area contributed by atoms with Crippen molar-refractivity contribution in [2.45, 2.75) is 32.8 Å². The third-order valence-electron chi connectivity index (χ3n) is 1.07. The number of carbonyl (C=O) groups excluding carboxylic acids is 1. The number of carbonyl (C=O) groups is 1. The summed E-state index contributed by atoms with van der Waals surface area (Å²) in [5.41, 5.74) is 4.27. The molecule has 11 heavy (non-hydrogen) atoms. The van der Waals surface area contributed by atoms with Crippen molar-refractivity contribution in [3.8, 4) is 11.8 Å². The Balaban J connectivity index is 3.96. The Morgan fingerprint density at radius 2 is 2.18 bits per heavy atom. The Morgan fingerprint density at radius 3 is 2.55 bits per heavy atom. The zero-order valence-electron chi connectivity index (χ0n) is 7.10. The molecular weight excluding hydrogens is 142 g/mol. The van der Waals surface area contributed by atoms with Gasteiger partial charge in [-0.2, -0.15) is 0 Å². The van der Waals surface area contributed by atoms with Gasteiger partial charge in [-0.15, -0.1) is 5.92 Å². The Hall–Kier alpha value is -1.17. The van der Waals surface area contributed by atoms with E-state index < -0.39 is 11.7 Å². The van der Waals surface area contributed by atoms with Gasteiger partial charge in [0.15, 0.2) is 0 Å². The van der Waals surface area contributed by atoms with E-state index in [4.69, 9.17) is 10.5 Å². The lowest BCUT2D eigenvalue weighted by atomic mass is 10.1. The Kier molecular flexibility index (Phi) is 3.46. The van der Waals surface area contributed by atoms with Crippen LogP contribution in [0.15, 0.2) is 0 Å². The van der Waals surface area contributed by atoms with Crippen LogP contribution in [0, 0.1) is 11.8 Å². The summed E-state index contributed by atoms with van der Waals surface area (Å²) < 4.78 is 4.78. The first-order chi connectivity index (χ1) is 4.98. The molecule has 0 unspecified atom stereocenters. The highest BCUT2D eigenvalue weighted by atomic mass is 16.6. The Labute approximate surface area is 66.9 Å². The van der Waals surface area contributed by atoms with Crippen LogP contribution in [0.5, 0.6) is 0 Å². The summed E-state index contributed by atoms with van der Waals surface area (Å²) in [5.74, 6) is 5.53. The summed E-state index contributed by atoms with van der Waals surface area (Å²) in [5, 5.41) is 0. The molecule has 0 bridgehead atoms. The molecule has 0 atom stereocenters. The Morgan fingerprint density at radius 1 is 1.64 bits per heavy atom. The zero-order valence-corrected chi connectivity index (χ0v) is 7.10. The molecule has 0 aliphatic rings. The molecule has 0 aliphatic heterocycles. The van der Waals surface area contributed by atoms with E-state index in [0.29, 0.717) is 6.42 Å². The maximum Gasteiger partial charge on any atom is 0.405 e. The van der Waals surface area contributed by atoms with Crippen molar-refractivity contribution in [3.63, 3.8) is 0 Å². The zero-order chi connectivity index (χ0) is 8.91. The average molecular weight is 155 g/mol. The highest BCUT2D eigenvalue weighted by Gasteiger charge is 2.19. The fourth-order valence-corrected chi connectivity index (χ4v) is 0.610. The molecule has 0 rings (SSSR count). The molecule has 0 aliphatic carbocycles. The van der Waals surface area contributed by atoms with E-state index in [0.717, 1.165) is 0 Å². The predicted octanol–water partition coefficient (Wildman–Crippen LogP) is 1.27. The topological polar surface area (TPSA) is 52.3 Å². The fourth-order valence-electron chi connectivity index (χ4n) is 0.610. The van der Waals surface area contributed by atoms with Crippen molar-refractivity contribution in [2.75, 3.05) is 0 Å². The van der Waals surface area contributed by atoms with Crippen LogP contribution in [0.3, 0.4) is 0 Å². The van der Waals surface area contributed by atoms with Crippen molar-refractivity contribution >= 4 is 6.09 Å². The third-order valence-corrected chi connectivity index (χ3v) is 1.07. The first-order valence-corrected chi connectivity index (χ1v) is 3.36. The lowest BCUT2D eigenvalue weighted by molar-refractivity contribution is 0.0496. The van der Waals surface area contributed by atoms with Gasteiger partial charge in [0.25, 0.3) is 0 Å². The Bertz CT molecular complexity index is 198. The summed E-state index contributed by atoms with van der Waals surface area (Å²) in [4.78, 5) is 10.3. The van der Waals surface area contributed by atoms with Crippen molar-refractivity contribution < 1.29 is 9.53 Å². The first-order valence-electron chi connectivity index (χ1n) is 3.36. The van der Waals surface area contributed by atoms with Crippen LogP contribution >= 0.6 is 0 Å². The smallest absolute Gasteiger partial charge is 0.405 e. The lowest BCUT2D eigenvalue weighted by Gasteiger charge is -2.20. The molecular formula is C8H13NO2. The molecule has 0 radical (unpaired) electrons. The molecule has 62 valence electrons.